The van der Waals surface area contributed by atoms with Gasteiger partial charge in [-0.15, -0.1) is 13.2 Å². The van der Waals surface area contributed by atoms with Gasteiger partial charge in [0.1, 0.15) is 17.5 Å². The molecule has 0 fully saturated rings. The third kappa shape index (κ3) is 7.01. The van der Waals surface area contributed by atoms with E-state index in [0.717, 1.165) is 0 Å². The molecule has 0 saturated heterocycles. The van der Waals surface area contributed by atoms with E-state index in [0.29, 0.717) is 24.3 Å². The zero-order valence-electron chi connectivity index (χ0n) is 15.5. The number of hydrogen-bond donors (Lipinski definition) is 1. The maximum absolute atomic E-state index is 14.6. The molecule has 2 aromatic rings. The SMILES string of the molecule is O=C(O)c1ccc(C(F)=CC(c2cc(Cl)cc(OC(F)(F)F)c2)C(F)(F)F)cc1C(F)(F)F. The Labute approximate surface area is 182 Å². The molecule has 0 amide bonds. The van der Waals surface area contributed by atoms with Crippen LogP contribution in [0.1, 0.15) is 33.0 Å². The predicted molar refractivity (Wildman–Crippen MR) is 94.4 cm³/mol. The van der Waals surface area contributed by atoms with Gasteiger partial charge in [-0.3, -0.25) is 0 Å². The second-order valence-electron chi connectivity index (χ2n) is 6.37. The average molecular weight is 511 g/mol. The lowest BCUT2D eigenvalue weighted by atomic mass is 9.95. The van der Waals surface area contributed by atoms with E-state index >= 15 is 0 Å². The molecule has 0 radical (unpaired) electrons. The largest absolute Gasteiger partial charge is 0.573 e. The van der Waals surface area contributed by atoms with Crippen LogP contribution in [0.15, 0.2) is 42.5 Å². The summed E-state index contributed by atoms with van der Waals surface area (Å²) in [6.45, 7) is 0. The lowest BCUT2D eigenvalue weighted by Gasteiger charge is -2.19. The highest BCUT2D eigenvalue weighted by atomic mass is 35.5. The van der Waals surface area contributed by atoms with Crippen LogP contribution in [0.4, 0.5) is 43.9 Å². The van der Waals surface area contributed by atoms with Crippen molar-refractivity contribution < 1.29 is 58.5 Å². The van der Waals surface area contributed by atoms with Crippen LogP contribution >= 0.6 is 11.6 Å². The zero-order chi connectivity index (χ0) is 25.4. The lowest BCUT2D eigenvalue weighted by molar-refractivity contribution is -0.274. The summed E-state index contributed by atoms with van der Waals surface area (Å²) in [4.78, 5) is 10.9. The zero-order valence-corrected chi connectivity index (χ0v) is 16.3. The third-order valence-electron chi connectivity index (χ3n) is 3.98. The number of hydrogen-bond acceptors (Lipinski definition) is 2. The number of carbonyl (C=O) groups is 1. The molecule has 1 N–H and O–H groups in total. The van der Waals surface area contributed by atoms with E-state index in [4.69, 9.17) is 16.7 Å². The highest BCUT2D eigenvalue weighted by Gasteiger charge is 2.41. The van der Waals surface area contributed by atoms with Gasteiger partial charge in [0.15, 0.2) is 0 Å². The first-order valence-electron chi connectivity index (χ1n) is 8.33. The number of alkyl halides is 9. The standard InChI is InChI=1S/C19H9ClF10O3/c20-10-3-9(4-11(6-10)33-19(28,29)30)13(17(22,23)24)7-15(21)8-1-2-12(16(31)32)14(5-8)18(25,26)27/h1-7,13H,(H,31,32). The van der Waals surface area contributed by atoms with Crippen LogP contribution in [0.3, 0.4) is 0 Å². The second kappa shape index (κ2) is 9.12. The van der Waals surface area contributed by atoms with Gasteiger partial charge < -0.3 is 9.84 Å². The van der Waals surface area contributed by atoms with Crippen molar-refractivity contribution >= 4 is 23.4 Å². The fraction of sp³-hybridized carbons (Fsp3) is 0.211. The fourth-order valence-electron chi connectivity index (χ4n) is 2.69. The van der Waals surface area contributed by atoms with E-state index in [1.54, 1.807) is 0 Å². The summed E-state index contributed by atoms with van der Waals surface area (Å²) in [6.07, 6.45) is -16.1. The normalized spacial score (nSPS) is 14.2. The number of rotatable bonds is 5. The van der Waals surface area contributed by atoms with E-state index in [1.807, 2.05) is 0 Å². The van der Waals surface area contributed by atoms with E-state index in [2.05, 4.69) is 4.74 Å². The molecule has 0 heterocycles. The minimum Gasteiger partial charge on any atom is -0.478 e. The van der Waals surface area contributed by atoms with Crippen LogP contribution in [0.2, 0.25) is 5.02 Å². The average Bonchev–Trinajstić information content (AvgIpc) is 2.61. The van der Waals surface area contributed by atoms with E-state index < -0.39 is 69.5 Å². The highest BCUT2D eigenvalue weighted by molar-refractivity contribution is 6.30. The molecule has 2 aromatic carbocycles. The van der Waals surface area contributed by atoms with Gasteiger partial charge in [0.05, 0.1) is 11.1 Å². The molecule has 180 valence electrons. The molecule has 0 spiro atoms. The van der Waals surface area contributed by atoms with Gasteiger partial charge in [0, 0.05) is 10.6 Å². The summed E-state index contributed by atoms with van der Waals surface area (Å²) >= 11 is 5.53. The Bertz CT molecular complexity index is 1070. The third-order valence-corrected chi connectivity index (χ3v) is 4.20. The molecule has 1 unspecified atom stereocenters. The number of carboxylic acid groups (broad SMARTS) is 1. The number of benzene rings is 2. The van der Waals surface area contributed by atoms with Crippen molar-refractivity contribution in [3.63, 3.8) is 0 Å². The molecule has 0 saturated carbocycles. The van der Waals surface area contributed by atoms with Crippen molar-refractivity contribution in [1.82, 2.24) is 0 Å². The molecule has 33 heavy (non-hydrogen) atoms. The molecule has 0 aliphatic carbocycles. The monoisotopic (exact) mass is 510 g/mol. The van der Waals surface area contributed by atoms with Gasteiger partial charge in [-0.25, -0.2) is 9.18 Å². The minimum absolute atomic E-state index is 0.00111. The summed E-state index contributed by atoms with van der Waals surface area (Å²) in [5.41, 5.74) is -5.13. The Morgan fingerprint density at radius 3 is 2.06 bits per heavy atom. The minimum atomic E-state index is -5.31. The number of aromatic carboxylic acids is 1. The molecule has 1 atom stereocenters. The molecule has 0 aliphatic rings. The lowest BCUT2D eigenvalue weighted by Crippen LogP contribution is -2.20. The molecule has 2 rings (SSSR count). The molecule has 0 aromatic heterocycles. The first kappa shape index (κ1) is 26.3. The maximum Gasteiger partial charge on any atom is 0.573 e. The number of allylic oxidation sites excluding steroid dienone is 1. The second-order valence-corrected chi connectivity index (χ2v) is 6.80. The Kier molecular flexibility index (Phi) is 7.27. The van der Waals surface area contributed by atoms with Gasteiger partial charge in [0.2, 0.25) is 0 Å². The first-order chi connectivity index (χ1) is 14.9. The van der Waals surface area contributed by atoms with Gasteiger partial charge in [0.25, 0.3) is 0 Å². The summed E-state index contributed by atoms with van der Waals surface area (Å²) in [5, 5.41) is 8.21. The van der Waals surface area contributed by atoms with Crippen molar-refractivity contribution in [2.45, 2.75) is 24.6 Å². The number of ether oxygens (including phenoxy) is 1. The van der Waals surface area contributed by atoms with Crippen molar-refractivity contribution in [2.75, 3.05) is 0 Å². The summed E-state index contributed by atoms with van der Waals surface area (Å²) < 4.78 is 135. The van der Waals surface area contributed by atoms with E-state index in [9.17, 15) is 48.7 Å². The van der Waals surface area contributed by atoms with Gasteiger partial charge in [-0.2, -0.15) is 26.3 Å². The van der Waals surface area contributed by atoms with Crippen LogP contribution in [-0.2, 0) is 6.18 Å². The van der Waals surface area contributed by atoms with Gasteiger partial charge >= 0.3 is 24.7 Å². The summed E-state index contributed by atoms with van der Waals surface area (Å²) in [6, 6.07) is 2.27. The van der Waals surface area contributed by atoms with Crippen LogP contribution < -0.4 is 4.74 Å². The van der Waals surface area contributed by atoms with Gasteiger partial charge in [-0.05, 0) is 42.0 Å². The molecular weight excluding hydrogens is 502 g/mol. The van der Waals surface area contributed by atoms with Crippen molar-refractivity contribution in [1.29, 1.82) is 0 Å². The number of carboxylic acids is 1. The highest BCUT2D eigenvalue weighted by Crippen LogP contribution is 2.42. The van der Waals surface area contributed by atoms with Crippen LogP contribution in [0.25, 0.3) is 5.83 Å². The Hall–Kier alpha value is -2.96. The molecule has 3 nitrogen and oxygen atoms in total. The molecule has 14 heteroatoms. The molecule has 0 aliphatic heterocycles. The van der Waals surface area contributed by atoms with Crippen LogP contribution in [0.5, 0.6) is 5.75 Å². The van der Waals surface area contributed by atoms with E-state index in [-0.39, 0.29) is 18.2 Å². The van der Waals surface area contributed by atoms with Crippen LogP contribution in [0, 0.1) is 0 Å². The Balaban J connectivity index is 2.60. The molecular formula is C19H9ClF10O3. The quantitative estimate of drug-likeness (QED) is 0.421. The maximum atomic E-state index is 14.6. The fourth-order valence-corrected chi connectivity index (χ4v) is 2.93. The first-order valence-corrected chi connectivity index (χ1v) is 8.71. The van der Waals surface area contributed by atoms with Crippen molar-refractivity contribution in [3.8, 4) is 5.75 Å². The van der Waals surface area contributed by atoms with E-state index in [1.165, 1.54) is 0 Å². The smallest absolute Gasteiger partial charge is 0.478 e. The molecule has 0 bridgehead atoms. The topological polar surface area (TPSA) is 46.5 Å². The number of halogens is 11. The summed E-state index contributed by atoms with van der Waals surface area (Å²) in [5.74, 6) is -7.95. The van der Waals surface area contributed by atoms with Crippen molar-refractivity contribution in [2.24, 2.45) is 0 Å². The summed E-state index contributed by atoms with van der Waals surface area (Å²) in [7, 11) is 0. The van der Waals surface area contributed by atoms with Crippen molar-refractivity contribution in [3.05, 3.63) is 69.8 Å². The van der Waals surface area contributed by atoms with Gasteiger partial charge in [-0.1, -0.05) is 17.7 Å². The Morgan fingerprint density at radius 1 is 0.970 bits per heavy atom. The predicted octanol–water partition coefficient (Wildman–Crippen LogP) is 7.61. The van der Waals surface area contributed by atoms with Crippen LogP contribution in [-0.4, -0.2) is 23.6 Å². The Morgan fingerprint density at radius 2 is 1.58 bits per heavy atom.